The van der Waals surface area contributed by atoms with Gasteiger partial charge in [0, 0.05) is 11.6 Å². The molecule has 2 N–H and O–H groups in total. The van der Waals surface area contributed by atoms with Crippen molar-refractivity contribution in [3.8, 4) is 5.75 Å². The average molecular weight is 217 g/mol. The standard InChI is InChI=1S/C14H19NO/c15-14-11-6-2-1-5-10(11)9-16-13-8-4-3-7-12(13)14/h3-4,7-8,10-11,14H,1-2,5-6,9,15H2/t10-,11-,14+/m0/s1. The van der Waals surface area contributed by atoms with Crippen molar-refractivity contribution in [2.45, 2.75) is 31.7 Å². The molecule has 0 radical (unpaired) electrons. The Hall–Kier alpha value is -1.02. The number of ether oxygens (including phenoxy) is 1. The molecule has 2 nitrogen and oxygen atoms in total. The highest BCUT2D eigenvalue weighted by Gasteiger charge is 2.34. The van der Waals surface area contributed by atoms with Gasteiger partial charge in [0.15, 0.2) is 0 Å². The Morgan fingerprint density at radius 3 is 2.88 bits per heavy atom. The second kappa shape index (κ2) is 4.10. The molecular weight excluding hydrogens is 198 g/mol. The van der Waals surface area contributed by atoms with Crippen molar-refractivity contribution >= 4 is 0 Å². The first-order valence-corrected chi connectivity index (χ1v) is 6.33. The zero-order valence-electron chi connectivity index (χ0n) is 9.56. The lowest BCUT2D eigenvalue weighted by Gasteiger charge is -2.32. The average Bonchev–Trinajstić information content (AvgIpc) is 2.49. The van der Waals surface area contributed by atoms with Crippen LogP contribution in [0, 0.1) is 11.8 Å². The molecule has 1 aliphatic carbocycles. The Balaban J connectivity index is 1.96. The molecule has 1 aliphatic heterocycles. The highest BCUT2D eigenvalue weighted by molar-refractivity contribution is 5.37. The largest absolute Gasteiger partial charge is 0.493 e. The van der Waals surface area contributed by atoms with Crippen LogP contribution in [0.1, 0.15) is 37.3 Å². The van der Waals surface area contributed by atoms with E-state index >= 15 is 0 Å². The molecule has 1 aromatic carbocycles. The highest BCUT2D eigenvalue weighted by Crippen LogP contribution is 2.42. The molecule has 0 aromatic heterocycles. The van der Waals surface area contributed by atoms with E-state index in [-0.39, 0.29) is 6.04 Å². The second-order valence-electron chi connectivity index (χ2n) is 5.08. The first-order chi connectivity index (χ1) is 7.86. The summed E-state index contributed by atoms with van der Waals surface area (Å²) in [6.07, 6.45) is 5.22. The summed E-state index contributed by atoms with van der Waals surface area (Å²) in [5.74, 6) is 2.29. The molecule has 1 saturated carbocycles. The van der Waals surface area contributed by atoms with E-state index in [4.69, 9.17) is 10.5 Å². The summed E-state index contributed by atoms with van der Waals surface area (Å²) in [5.41, 5.74) is 7.63. The van der Waals surface area contributed by atoms with E-state index < -0.39 is 0 Å². The first kappa shape index (κ1) is 10.2. The topological polar surface area (TPSA) is 35.2 Å². The molecule has 3 atom stereocenters. The maximum atomic E-state index is 6.42. The van der Waals surface area contributed by atoms with Crippen molar-refractivity contribution in [2.75, 3.05) is 6.61 Å². The normalized spacial score (nSPS) is 33.2. The summed E-state index contributed by atoms with van der Waals surface area (Å²) in [6, 6.07) is 8.43. The van der Waals surface area contributed by atoms with Crippen molar-refractivity contribution in [1.82, 2.24) is 0 Å². The van der Waals surface area contributed by atoms with Gasteiger partial charge in [0.25, 0.3) is 0 Å². The predicted molar refractivity (Wildman–Crippen MR) is 64.3 cm³/mol. The van der Waals surface area contributed by atoms with Gasteiger partial charge in [-0.15, -0.1) is 0 Å². The predicted octanol–water partition coefficient (Wildman–Crippen LogP) is 2.89. The molecule has 0 saturated heterocycles. The van der Waals surface area contributed by atoms with Crippen LogP contribution in [0.2, 0.25) is 0 Å². The lowest BCUT2D eigenvalue weighted by molar-refractivity contribution is 0.148. The van der Waals surface area contributed by atoms with Crippen LogP contribution in [-0.4, -0.2) is 6.61 Å². The van der Waals surface area contributed by atoms with Gasteiger partial charge in [-0.3, -0.25) is 0 Å². The molecule has 0 bridgehead atoms. The lowest BCUT2D eigenvalue weighted by atomic mass is 9.74. The van der Waals surface area contributed by atoms with Gasteiger partial charge in [0.1, 0.15) is 5.75 Å². The zero-order chi connectivity index (χ0) is 11.0. The molecule has 1 fully saturated rings. The molecular formula is C14H19NO. The van der Waals surface area contributed by atoms with Crippen LogP contribution in [0.4, 0.5) is 0 Å². The third kappa shape index (κ3) is 1.61. The van der Waals surface area contributed by atoms with Crippen LogP contribution < -0.4 is 10.5 Å². The highest BCUT2D eigenvalue weighted by atomic mass is 16.5. The fourth-order valence-electron chi connectivity index (χ4n) is 3.23. The van der Waals surface area contributed by atoms with Crippen LogP contribution in [0.15, 0.2) is 24.3 Å². The third-order valence-electron chi connectivity index (χ3n) is 4.16. The summed E-state index contributed by atoms with van der Waals surface area (Å²) in [5, 5.41) is 0. The summed E-state index contributed by atoms with van der Waals surface area (Å²) >= 11 is 0. The van der Waals surface area contributed by atoms with Crippen molar-refractivity contribution in [3.05, 3.63) is 29.8 Å². The van der Waals surface area contributed by atoms with Crippen molar-refractivity contribution < 1.29 is 4.74 Å². The number of hydrogen-bond acceptors (Lipinski definition) is 2. The van der Waals surface area contributed by atoms with Gasteiger partial charge in [0.05, 0.1) is 6.61 Å². The van der Waals surface area contributed by atoms with Crippen molar-refractivity contribution in [2.24, 2.45) is 17.6 Å². The zero-order valence-corrected chi connectivity index (χ0v) is 9.56. The van der Waals surface area contributed by atoms with Crippen LogP contribution in [0.25, 0.3) is 0 Å². The van der Waals surface area contributed by atoms with Gasteiger partial charge < -0.3 is 10.5 Å². The van der Waals surface area contributed by atoms with Crippen molar-refractivity contribution in [1.29, 1.82) is 0 Å². The summed E-state index contributed by atoms with van der Waals surface area (Å²) in [7, 11) is 0. The quantitative estimate of drug-likeness (QED) is 0.725. The van der Waals surface area contributed by atoms with E-state index in [0.717, 1.165) is 12.4 Å². The fourth-order valence-corrected chi connectivity index (χ4v) is 3.23. The summed E-state index contributed by atoms with van der Waals surface area (Å²) < 4.78 is 5.91. The summed E-state index contributed by atoms with van der Waals surface area (Å²) in [4.78, 5) is 0. The van der Waals surface area contributed by atoms with Crippen LogP contribution in [0.3, 0.4) is 0 Å². The Morgan fingerprint density at radius 1 is 1.12 bits per heavy atom. The molecule has 0 unspecified atom stereocenters. The van der Waals surface area contributed by atoms with Crippen LogP contribution in [0.5, 0.6) is 5.75 Å². The Morgan fingerprint density at radius 2 is 1.94 bits per heavy atom. The number of para-hydroxylation sites is 1. The van der Waals surface area contributed by atoms with E-state index in [1.54, 1.807) is 0 Å². The van der Waals surface area contributed by atoms with Gasteiger partial charge in [-0.25, -0.2) is 0 Å². The lowest BCUT2D eigenvalue weighted by Crippen LogP contribution is -2.31. The Labute approximate surface area is 96.8 Å². The van der Waals surface area contributed by atoms with Gasteiger partial charge in [-0.1, -0.05) is 31.0 Å². The van der Waals surface area contributed by atoms with E-state index in [1.807, 2.05) is 12.1 Å². The molecule has 2 aliphatic rings. The van der Waals surface area contributed by atoms with E-state index in [2.05, 4.69) is 12.1 Å². The third-order valence-corrected chi connectivity index (χ3v) is 4.16. The van der Waals surface area contributed by atoms with Gasteiger partial charge in [-0.2, -0.15) is 0 Å². The van der Waals surface area contributed by atoms with Crippen LogP contribution in [-0.2, 0) is 0 Å². The monoisotopic (exact) mass is 217 g/mol. The maximum Gasteiger partial charge on any atom is 0.124 e. The van der Waals surface area contributed by atoms with Gasteiger partial charge in [-0.05, 0) is 30.7 Å². The number of hydrogen-bond donors (Lipinski definition) is 1. The van der Waals surface area contributed by atoms with Crippen LogP contribution >= 0.6 is 0 Å². The SMILES string of the molecule is N[C@H]1c2ccccc2OC[C@@H]2CCCC[C@@H]21. The molecule has 86 valence electrons. The number of benzene rings is 1. The van der Waals surface area contributed by atoms with E-state index in [0.29, 0.717) is 11.8 Å². The molecule has 1 aromatic rings. The van der Waals surface area contributed by atoms with E-state index in [9.17, 15) is 0 Å². The first-order valence-electron chi connectivity index (χ1n) is 6.33. The fraction of sp³-hybridized carbons (Fsp3) is 0.571. The minimum Gasteiger partial charge on any atom is -0.493 e. The van der Waals surface area contributed by atoms with Gasteiger partial charge in [0.2, 0.25) is 0 Å². The molecule has 3 rings (SSSR count). The molecule has 1 heterocycles. The molecule has 0 amide bonds. The minimum atomic E-state index is 0.170. The second-order valence-corrected chi connectivity index (χ2v) is 5.08. The summed E-state index contributed by atoms with van der Waals surface area (Å²) in [6.45, 7) is 0.857. The number of fused-ring (bicyclic) bond motifs is 2. The molecule has 2 heteroatoms. The number of rotatable bonds is 0. The maximum absolute atomic E-state index is 6.42. The van der Waals surface area contributed by atoms with E-state index in [1.165, 1.54) is 31.2 Å². The Kier molecular flexibility index (Phi) is 2.60. The molecule has 16 heavy (non-hydrogen) atoms. The number of nitrogens with two attached hydrogens (primary N) is 1. The molecule has 0 spiro atoms. The van der Waals surface area contributed by atoms with Gasteiger partial charge >= 0.3 is 0 Å². The Bertz CT molecular complexity index is 377. The minimum absolute atomic E-state index is 0.170. The smallest absolute Gasteiger partial charge is 0.124 e. The van der Waals surface area contributed by atoms with Crippen molar-refractivity contribution in [3.63, 3.8) is 0 Å².